The first kappa shape index (κ1) is 17.2. The van der Waals surface area contributed by atoms with Gasteiger partial charge in [0.05, 0.1) is 4.90 Å². The van der Waals surface area contributed by atoms with E-state index in [0.717, 1.165) is 47.0 Å². The van der Waals surface area contributed by atoms with Gasteiger partial charge in [-0.2, -0.15) is 0 Å². The minimum absolute atomic E-state index is 0.117. The SMILES string of the molecule is CCc1cc2c3c([nH]c2cc1S(=O)(=O)N[C@@H](C)CC)CCCC3=O. The molecule has 3 rings (SSSR count). The minimum atomic E-state index is -3.58. The molecule has 0 radical (unpaired) electrons. The second-order valence-corrected chi connectivity index (χ2v) is 8.23. The molecule has 130 valence electrons. The average molecular weight is 348 g/mol. The van der Waals surface area contributed by atoms with E-state index >= 15 is 0 Å². The topological polar surface area (TPSA) is 79.0 Å². The molecule has 1 aliphatic carbocycles. The summed E-state index contributed by atoms with van der Waals surface area (Å²) < 4.78 is 28.2. The van der Waals surface area contributed by atoms with E-state index < -0.39 is 10.0 Å². The highest BCUT2D eigenvalue weighted by Gasteiger charge is 2.26. The van der Waals surface area contributed by atoms with E-state index in [1.54, 1.807) is 6.07 Å². The highest BCUT2D eigenvalue weighted by Crippen LogP contribution is 2.32. The van der Waals surface area contributed by atoms with Gasteiger partial charge in [-0.25, -0.2) is 13.1 Å². The van der Waals surface area contributed by atoms with Crippen molar-refractivity contribution in [3.8, 4) is 0 Å². The third-order valence-electron chi connectivity index (χ3n) is 4.81. The van der Waals surface area contributed by atoms with Crippen LogP contribution in [0, 0.1) is 0 Å². The number of H-pyrrole nitrogens is 1. The number of hydrogen-bond acceptors (Lipinski definition) is 3. The Bertz CT molecular complexity index is 897. The predicted molar refractivity (Wildman–Crippen MR) is 95.0 cm³/mol. The molecule has 1 aromatic carbocycles. The molecule has 1 aromatic heterocycles. The summed E-state index contributed by atoms with van der Waals surface area (Å²) in [5, 5.41) is 0.856. The molecule has 0 spiro atoms. The van der Waals surface area contributed by atoms with Crippen LogP contribution in [-0.4, -0.2) is 25.2 Å². The summed E-state index contributed by atoms with van der Waals surface area (Å²) in [6.07, 6.45) is 3.58. The number of aryl methyl sites for hydroxylation is 2. The van der Waals surface area contributed by atoms with Gasteiger partial charge in [-0.3, -0.25) is 4.79 Å². The van der Waals surface area contributed by atoms with E-state index in [-0.39, 0.29) is 11.8 Å². The quantitative estimate of drug-likeness (QED) is 0.870. The van der Waals surface area contributed by atoms with Crippen molar-refractivity contribution in [3.63, 3.8) is 0 Å². The van der Waals surface area contributed by atoms with E-state index in [2.05, 4.69) is 9.71 Å². The van der Waals surface area contributed by atoms with Crippen LogP contribution in [0.15, 0.2) is 17.0 Å². The molecule has 1 aliphatic rings. The molecule has 24 heavy (non-hydrogen) atoms. The van der Waals surface area contributed by atoms with E-state index in [1.807, 2.05) is 26.8 Å². The molecule has 1 heterocycles. The lowest BCUT2D eigenvalue weighted by atomic mass is 9.94. The number of benzene rings is 1. The van der Waals surface area contributed by atoms with Crippen molar-refractivity contribution in [1.29, 1.82) is 0 Å². The standard InChI is InChI=1S/C18H24N2O3S/c1-4-11(3)20-24(22,23)17-10-15-13(9-12(17)5-2)18-14(19-15)7-6-8-16(18)21/h9-11,19-20H,4-8H2,1-3H3/t11-/m0/s1. The molecule has 5 nitrogen and oxygen atoms in total. The van der Waals surface area contributed by atoms with Crippen molar-refractivity contribution >= 4 is 26.7 Å². The van der Waals surface area contributed by atoms with Gasteiger partial charge in [0, 0.05) is 34.6 Å². The van der Waals surface area contributed by atoms with E-state index in [4.69, 9.17) is 0 Å². The lowest BCUT2D eigenvalue weighted by Gasteiger charge is -2.15. The molecule has 0 aliphatic heterocycles. The van der Waals surface area contributed by atoms with Gasteiger partial charge in [0.2, 0.25) is 10.0 Å². The van der Waals surface area contributed by atoms with Crippen LogP contribution in [0.3, 0.4) is 0 Å². The molecule has 1 atom stereocenters. The minimum Gasteiger partial charge on any atom is -0.358 e. The number of aromatic amines is 1. The second-order valence-electron chi connectivity index (χ2n) is 6.54. The third kappa shape index (κ3) is 2.89. The first-order chi connectivity index (χ1) is 11.4. The fraction of sp³-hybridized carbons (Fsp3) is 0.500. The van der Waals surface area contributed by atoms with Crippen molar-refractivity contribution in [2.45, 2.75) is 63.8 Å². The third-order valence-corrected chi connectivity index (χ3v) is 6.48. The first-order valence-electron chi connectivity index (χ1n) is 8.60. The summed E-state index contributed by atoms with van der Waals surface area (Å²) in [5.74, 6) is 0.151. The Kier molecular flexibility index (Phi) is 4.53. The summed E-state index contributed by atoms with van der Waals surface area (Å²) in [6.45, 7) is 5.74. The molecule has 2 N–H and O–H groups in total. The fourth-order valence-corrected chi connectivity index (χ4v) is 4.96. The molecule has 0 fully saturated rings. The van der Waals surface area contributed by atoms with Crippen LogP contribution in [-0.2, 0) is 22.9 Å². The summed E-state index contributed by atoms with van der Waals surface area (Å²) in [6, 6.07) is 3.44. The maximum Gasteiger partial charge on any atom is 0.241 e. The summed E-state index contributed by atoms with van der Waals surface area (Å²) >= 11 is 0. The molecular weight excluding hydrogens is 324 g/mol. The number of rotatable bonds is 5. The normalized spacial score (nSPS) is 16.4. The van der Waals surface area contributed by atoms with Crippen molar-refractivity contribution in [3.05, 3.63) is 29.0 Å². The largest absolute Gasteiger partial charge is 0.358 e. The van der Waals surface area contributed by atoms with E-state index in [1.165, 1.54) is 0 Å². The average Bonchev–Trinajstić information content (AvgIpc) is 2.91. The lowest BCUT2D eigenvalue weighted by molar-refractivity contribution is 0.0974. The van der Waals surface area contributed by atoms with Crippen LogP contribution in [0.1, 0.15) is 61.6 Å². The number of hydrogen-bond donors (Lipinski definition) is 2. The number of ketones is 1. The highest BCUT2D eigenvalue weighted by atomic mass is 32.2. The van der Waals surface area contributed by atoms with Crippen LogP contribution < -0.4 is 4.72 Å². The monoisotopic (exact) mass is 348 g/mol. The van der Waals surface area contributed by atoms with Crippen LogP contribution in [0.25, 0.3) is 10.9 Å². The van der Waals surface area contributed by atoms with Crippen molar-refractivity contribution in [2.24, 2.45) is 0 Å². The second kappa shape index (κ2) is 6.33. The highest BCUT2D eigenvalue weighted by molar-refractivity contribution is 7.89. The van der Waals surface area contributed by atoms with Gasteiger partial charge in [0.15, 0.2) is 5.78 Å². The Morgan fingerprint density at radius 2 is 2.00 bits per heavy atom. The van der Waals surface area contributed by atoms with Crippen LogP contribution in [0.5, 0.6) is 0 Å². The predicted octanol–water partition coefficient (Wildman–Crippen LogP) is 3.33. The van der Waals surface area contributed by atoms with Gasteiger partial charge in [-0.1, -0.05) is 13.8 Å². The van der Waals surface area contributed by atoms with Crippen LogP contribution in [0.2, 0.25) is 0 Å². The summed E-state index contributed by atoms with van der Waals surface area (Å²) in [5.41, 5.74) is 3.17. The number of sulfonamides is 1. The molecule has 0 saturated carbocycles. The van der Waals surface area contributed by atoms with Crippen molar-refractivity contribution in [1.82, 2.24) is 9.71 Å². The zero-order valence-corrected chi connectivity index (χ0v) is 15.2. The number of nitrogens with one attached hydrogen (secondary N) is 2. The zero-order valence-electron chi connectivity index (χ0n) is 14.4. The summed E-state index contributed by atoms with van der Waals surface area (Å²) in [4.78, 5) is 15.8. The zero-order chi connectivity index (χ0) is 17.5. The maximum absolute atomic E-state index is 12.7. The molecule has 0 bridgehead atoms. The molecule has 0 saturated heterocycles. The van der Waals surface area contributed by atoms with E-state index in [0.29, 0.717) is 17.7 Å². The number of fused-ring (bicyclic) bond motifs is 3. The molecule has 6 heteroatoms. The number of aromatic nitrogens is 1. The smallest absolute Gasteiger partial charge is 0.241 e. The molecule has 0 unspecified atom stereocenters. The molecule has 0 amide bonds. The Hall–Kier alpha value is -1.66. The molecular formula is C18H24N2O3S. The van der Waals surface area contributed by atoms with Gasteiger partial charge in [0.25, 0.3) is 0 Å². The first-order valence-corrected chi connectivity index (χ1v) is 10.1. The molecule has 2 aromatic rings. The van der Waals surface area contributed by atoms with Gasteiger partial charge >= 0.3 is 0 Å². The van der Waals surface area contributed by atoms with Gasteiger partial charge < -0.3 is 4.98 Å². The van der Waals surface area contributed by atoms with Crippen molar-refractivity contribution < 1.29 is 13.2 Å². The van der Waals surface area contributed by atoms with Crippen molar-refractivity contribution in [2.75, 3.05) is 0 Å². The summed E-state index contributed by atoms with van der Waals surface area (Å²) in [7, 11) is -3.58. The Morgan fingerprint density at radius 1 is 1.25 bits per heavy atom. The number of carbonyl (C=O) groups is 1. The van der Waals surface area contributed by atoms with Gasteiger partial charge in [0.1, 0.15) is 0 Å². The van der Waals surface area contributed by atoms with E-state index in [9.17, 15) is 13.2 Å². The fourth-order valence-electron chi connectivity index (χ4n) is 3.32. The number of Topliss-reactive ketones (excluding diaryl/α,β-unsaturated/α-hetero) is 1. The Morgan fingerprint density at radius 3 is 2.67 bits per heavy atom. The number of carbonyl (C=O) groups excluding carboxylic acids is 1. The Labute approximate surface area is 142 Å². The van der Waals surface area contributed by atoms with Crippen LogP contribution >= 0.6 is 0 Å². The lowest BCUT2D eigenvalue weighted by Crippen LogP contribution is -2.32. The van der Waals surface area contributed by atoms with Crippen LogP contribution in [0.4, 0.5) is 0 Å². The Balaban J connectivity index is 2.18. The maximum atomic E-state index is 12.7. The van der Waals surface area contributed by atoms with Gasteiger partial charge in [-0.15, -0.1) is 0 Å². The van der Waals surface area contributed by atoms with Gasteiger partial charge in [-0.05, 0) is 50.3 Å².